The van der Waals surface area contributed by atoms with E-state index in [4.69, 9.17) is 0 Å². The maximum absolute atomic E-state index is 12.5. The maximum atomic E-state index is 12.5. The molecule has 1 aliphatic carbocycles. The number of nitrogens with one attached hydrogen (secondary N) is 1. The lowest BCUT2D eigenvalue weighted by Gasteiger charge is -2.47. The van der Waals surface area contributed by atoms with Crippen LogP contribution in [0.3, 0.4) is 0 Å². The van der Waals surface area contributed by atoms with Gasteiger partial charge >= 0.3 is 0 Å². The van der Waals surface area contributed by atoms with Crippen molar-refractivity contribution >= 4 is 5.91 Å². The van der Waals surface area contributed by atoms with Crippen molar-refractivity contribution in [1.82, 2.24) is 9.88 Å². The first kappa shape index (κ1) is 14.1. The first-order valence-electron chi connectivity index (χ1n) is 7.43. The van der Waals surface area contributed by atoms with E-state index in [0.29, 0.717) is 19.5 Å². The van der Waals surface area contributed by atoms with Gasteiger partial charge in [0, 0.05) is 31.1 Å². The van der Waals surface area contributed by atoms with Crippen LogP contribution in [0.15, 0.2) is 16.9 Å². The molecule has 1 saturated heterocycles. The van der Waals surface area contributed by atoms with Crippen LogP contribution in [0.2, 0.25) is 0 Å². The normalized spacial score (nSPS) is 29.0. The number of likely N-dealkylation sites (tertiary alicyclic amines) is 1. The van der Waals surface area contributed by atoms with Crippen molar-refractivity contribution in [2.24, 2.45) is 5.92 Å². The minimum atomic E-state index is -0.634. The number of carbonyl (C=O) groups excluding carboxylic acids is 1. The molecule has 3 N–H and O–H groups in total. The number of carbonyl (C=O) groups is 1. The molecule has 21 heavy (non-hydrogen) atoms. The van der Waals surface area contributed by atoms with E-state index in [2.05, 4.69) is 4.98 Å². The zero-order chi connectivity index (χ0) is 15.0. The Kier molecular flexibility index (Phi) is 3.49. The summed E-state index contributed by atoms with van der Waals surface area (Å²) < 4.78 is 0. The Hall–Kier alpha value is -1.82. The molecule has 6 heteroatoms. The molecule has 1 saturated carbocycles. The molecule has 1 aliphatic heterocycles. The molecule has 2 fully saturated rings. The molecule has 2 aliphatic rings. The van der Waals surface area contributed by atoms with Gasteiger partial charge in [0.1, 0.15) is 0 Å². The van der Waals surface area contributed by atoms with Crippen molar-refractivity contribution in [1.29, 1.82) is 0 Å². The monoisotopic (exact) mass is 292 g/mol. The number of nitrogens with zero attached hydrogens (tertiary/aromatic N) is 1. The summed E-state index contributed by atoms with van der Waals surface area (Å²) in [4.78, 5) is 27.7. The lowest BCUT2D eigenvalue weighted by molar-refractivity contribution is -0.0886. The summed E-state index contributed by atoms with van der Waals surface area (Å²) in [5.74, 6) is -0.458. The number of fused-ring (bicyclic) bond motifs is 1. The number of hydrogen-bond acceptors (Lipinski definition) is 4. The van der Waals surface area contributed by atoms with E-state index in [9.17, 15) is 19.8 Å². The second-order valence-electron chi connectivity index (χ2n) is 6.17. The molecular weight excluding hydrogens is 272 g/mol. The SMILES string of the molecule is O=C(c1cc(O)[nH]c(=O)c1)N1CCC2(O)CCCCC2C1. The number of amides is 1. The standard InChI is InChI=1S/C15H20N2O4/c18-12-7-10(8-13(19)16-12)14(20)17-6-5-15(21)4-2-1-3-11(15)9-17/h7-8,11,21H,1-6,9H2,(H2,16,18,19). The molecule has 1 amide bonds. The lowest BCUT2D eigenvalue weighted by Crippen LogP contribution is -2.54. The molecule has 0 bridgehead atoms. The van der Waals surface area contributed by atoms with Crippen LogP contribution in [-0.4, -0.2) is 44.7 Å². The number of rotatable bonds is 1. The molecule has 0 aromatic carbocycles. The van der Waals surface area contributed by atoms with Crippen molar-refractivity contribution in [2.75, 3.05) is 13.1 Å². The van der Waals surface area contributed by atoms with Crippen LogP contribution in [0.4, 0.5) is 0 Å². The highest BCUT2D eigenvalue weighted by Crippen LogP contribution is 2.40. The molecule has 2 heterocycles. The van der Waals surface area contributed by atoms with Crippen LogP contribution in [0.1, 0.15) is 42.5 Å². The number of pyridine rings is 1. The number of piperidine rings is 1. The van der Waals surface area contributed by atoms with Crippen molar-refractivity contribution in [3.63, 3.8) is 0 Å². The smallest absolute Gasteiger partial charge is 0.254 e. The fourth-order valence-corrected chi connectivity index (χ4v) is 3.59. The molecule has 1 aromatic heterocycles. The van der Waals surface area contributed by atoms with Gasteiger partial charge in [0.25, 0.3) is 11.5 Å². The predicted molar refractivity (Wildman–Crippen MR) is 76.2 cm³/mol. The highest BCUT2D eigenvalue weighted by atomic mass is 16.3. The van der Waals surface area contributed by atoms with Gasteiger partial charge in [-0.05, 0) is 19.3 Å². The Morgan fingerprint density at radius 3 is 2.90 bits per heavy atom. The molecule has 2 atom stereocenters. The van der Waals surface area contributed by atoms with Gasteiger partial charge in [-0.1, -0.05) is 12.8 Å². The average molecular weight is 292 g/mol. The molecule has 1 aromatic rings. The molecule has 0 spiro atoms. The van der Waals surface area contributed by atoms with Gasteiger partial charge in [0.15, 0.2) is 5.88 Å². The quantitative estimate of drug-likeness (QED) is 0.715. The van der Waals surface area contributed by atoms with Crippen LogP contribution in [-0.2, 0) is 0 Å². The number of H-pyrrole nitrogens is 1. The molecule has 3 rings (SSSR count). The second kappa shape index (κ2) is 5.18. The van der Waals surface area contributed by atoms with Gasteiger partial charge < -0.3 is 15.1 Å². The van der Waals surface area contributed by atoms with Crippen molar-refractivity contribution < 1.29 is 15.0 Å². The summed E-state index contributed by atoms with van der Waals surface area (Å²) in [5.41, 5.74) is -0.937. The average Bonchev–Trinajstić information content (AvgIpc) is 2.44. The topological polar surface area (TPSA) is 93.6 Å². The second-order valence-corrected chi connectivity index (χ2v) is 6.17. The summed E-state index contributed by atoms with van der Waals surface area (Å²) in [6.45, 7) is 1.00. The molecule has 0 radical (unpaired) electrons. The van der Waals surface area contributed by atoms with Gasteiger partial charge in [0.05, 0.1) is 11.2 Å². The molecule has 6 nitrogen and oxygen atoms in total. The zero-order valence-corrected chi connectivity index (χ0v) is 11.8. The van der Waals surface area contributed by atoms with E-state index in [0.717, 1.165) is 25.7 Å². The Morgan fingerprint density at radius 1 is 1.33 bits per heavy atom. The number of hydrogen-bond donors (Lipinski definition) is 3. The third-order valence-corrected chi connectivity index (χ3v) is 4.79. The van der Waals surface area contributed by atoms with Crippen molar-refractivity contribution in [3.05, 3.63) is 28.0 Å². The number of aromatic nitrogens is 1. The Balaban J connectivity index is 1.78. The van der Waals surface area contributed by atoms with Gasteiger partial charge in [-0.15, -0.1) is 0 Å². The summed E-state index contributed by atoms with van der Waals surface area (Å²) in [6, 6.07) is 2.47. The van der Waals surface area contributed by atoms with E-state index in [1.54, 1.807) is 4.90 Å². The van der Waals surface area contributed by atoms with Crippen molar-refractivity contribution in [2.45, 2.75) is 37.7 Å². The molecule has 114 valence electrons. The van der Waals surface area contributed by atoms with E-state index in [1.807, 2.05) is 0 Å². The summed E-state index contributed by atoms with van der Waals surface area (Å²) >= 11 is 0. The van der Waals surface area contributed by atoms with Crippen molar-refractivity contribution in [3.8, 4) is 5.88 Å². The fraction of sp³-hybridized carbons (Fsp3) is 0.600. The number of aliphatic hydroxyl groups is 1. The van der Waals surface area contributed by atoms with E-state index in [1.165, 1.54) is 12.1 Å². The third-order valence-electron chi connectivity index (χ3n) is 4.79. The molecular formula is C15H20N2O4. The van der Waals surface area contributed by atoms with E-state index >= 15 is 0 Å². The lowest BCUT2D eigenvalue weighted by atomic mass is 9.71. The minimum Gasteiger partial charge on any atom is -0.494 e. The van der Waals surface area contributed by atoms with Gasteiger partial charge in [-0.3, -0.25) is 14.6 Å². The van der Waals surface area contributed by atoms with Crippen LogP contribution in [0, 0.1) is 5.92 Å². The highest BCUT2D eigenvalue weighted by molar-refractivity contribution is 5.94. The Bertz CT molecular complexity index is 612. The zero-order valence-electron chi connectivity index (χ0n) is 11.8. The van der Waals surface area contributed by atoms with Gasteiger partial charge in [0.2, 0.25) is 0 Å². The predicted octanol–water partition coefficient (Wildman–Crippen LogP) is 0.848. The molecule has 2 unspecified atom stereocenters. The number of aromatic hydroxyl groups is 1. The third kappa shape index (κ3) is 2.68. The summed E-state index contributed by atoms with van der Waals surface area (Å²) in [6.07, 6.45) is 4.45. The van der Waals surface area contributed by atoms with Crippen LogP contribution in [0.25, 0.3) is 0 Å². The minimum absolute atomic E-state index is 0.111. The first-order chi connectivity index (χ1) is 9.98. The van der Waals surface area contributed by atoms with Crippen LogP contribution >= 0.6 is 0 Å². The summed E-state index contributed by atoms with van der Waals surface area (Å²) in [5, 5.41) is 20.0. The first-order valence-corrected chi connectivity index (χ1v) is 7.43. The highest BCUT2D eigenvalue weighted by Gasteiger charge is 2.43. The fourth-order valence-electron chi connectivity index (χ4n) is 3.59. The van der Waals surface area contributed by atoms with Gasteiger partial charge in [-0.2, -0.15) is 0 Å². The van der Waals surface area contributed by atoms with Gasteiger partial charge in [-0.25, -0.2) is 0 Å². The summed E-state index contributed by atoms with van der Waals surface area (Å²) in [7, 11) is 0. The van der Waals surface area contributed by atoms with Crippen LogP contribution in [0.5, 0.6) is 5.88 Å². The Morgan fingerprint density at radius 2 is 2.14 bits per heavy atom. The largest absolute Gasteiger partial charge is 0.494 e. The van der Waals surface area contributed by atoms with Crippen LogP contribution < -0.4 is 5.56 Å². The maximum Gasteiger partial charge on any atom is 0.254 e. The van der Waals surface area contributed by atoms with E-state index < -0.39 is 11.2 Å². The Labute approximate surface area is 122 Å². The van der Waals surface area contributed by atoms with E-state index in [-0.39, 0.29) is 23.3 Å². The number of aromatic amines is 1.